The van der Waals surface area contributed by atoms with Crippen LogP contribution in [0.4, 0.5) is 0 Å². The number of hydrogen-bond acceptors (Lipinski definition) is 4. The maximum absolute atomic E-state index is 12.1. The number of aromatic hydroxyl groups is 1. The summed E-state index contributed by atoms with van der Waals surface area (Å²) in [5.41, 5.74) is -1.17. The van der Waals surface area contributed by atoms with E-state index in [1.165, 1.54) is 11.0 Å². The average molecular weight is 279 g/mol. The van der Waals surface area contributed by atoms with E-state index in [1.54, 1.807) is 25.1 Å². The van der Waals surface area contributed by atoms with E-state index in [4.69, 9.17) is 4.74 Å². The van der Waals surface area contributed by atoms with Crippen LogP contribution in [-0.4, -0.2) is 45.7 Å². The number of carbonyl (C=O) groups excluding carboxylic acids is 1. The highest BCUT2D eigenvalue weighted by molar-refractivity contribution is 5.88. The average Bonchev–Trinajstić information content (AvgIpc) is 2.81. The zero-order chi connectivity index (χ0) is 14.8. The molecule has 1 fully saturated rings. The minimum atomic E-state index is -1.17. The van der Waals surface area contributed by atoms with Crippen molar-refractivity contribution in [2.75, 3.05) is 13.2 Å². The summed E-state index contributed by atoms with van der Waals surface area (Å²) in [5.74, 6) is -1.25. The molecule has 0 aliphatic carbocycles. The molecule has 1 amide bonds. The highest BCUT2D eigenvalue weighted by atomic mass is 16.5. The Balaban J connectivity index is 2.02. The lowest BCUT2D eigenvalue weighted by Crippen LogP contribution is -2.52. The van der Waals surface area contributed by atoms with Gasteiger partial charge >= 0.3 is 5.97 Å². The molecule has 6 heteroatoms. The molecule has 0 saturated carbocycles. The van der Waals surface area contributed by atoms with Crippen LogP contribution in [-0.2, 0) is 9.59 Å². The zero-order valence-electron chi connectivity index (χ0n) is 11.2. The van der Waals surface area contributed by atoms with Gasteiger partial charge in [-0.1, -0.05) is 12.1 Å². The number of carboxylic acid groups (broad SMARTS) is 1. The molecule has 1 aliphatic heterocycles. The van der Waals surface area contributed by atoms with Gasteiger partial charge in [0.1, 0.15) is 5.54 Å². The predicted molar refractivity (Wildman–Crippen MR) is 70.6 cm³/mol. The fourth-order valence-corrected chi connectivity index (χ4v) is 2.38. The molecule has 1 aliphatic rings. The molecule has 1 aromatic rings. The molecule has 1 saturated heterocycles. The number of ether oxygens (including phenoxy) is 1. The van der Waals surface area contributed by atoms with Crippen molar-refractivity contribution in [3.63, 3.8) is 0 Å². The van der Waals surface area contributed by atoms with Gasteiger partial charge in [-0.3, -0.25) is 4.79 Å². The first-order valence-electron chi connectivity index (χ1n) is 6.40. The van der Waals surface area contributed by atoms with Gasteiger partial charge in [0.05, 0.1) is 0 Å². The lowest BCUT2D eigenvalue weighted by Gasteiger charge is -2.31. The van der Waals surface area contributed by atoms with E-state index >= 15 is 0 Å². The molecule has 20 heavy (non-hydrogen) atoms. The van der Waals surface area contributed by atoms with Crippen molar-refractivity contribution in [1.29, 1.82) is 0 Å². The van der Waals surface area contributed by atoms with Gasteiger partial charge in [-0.25, -0.2) is 4.79 Å². The van der Waals surface area contributed by atoms with Crippen molar-refractivity contribution < 1.29 is 24.5 Å². The third-order valence-electron chi connectivity index (χ3n) is 3.62. The van der Waals surface area contributed by atoms with Gasteiger partial charge < -0.3 is 19.8 Å². The van der Waals surface area contributed by atoms with Gasteiger partial charge in [0, 0.05) is 6.54 Å². The van der Waals surface area contributed by atoms with Crippen LogP contribution in [0.1, 0.15) is 19.8 Å². The van der Waals surface area contributed by atoms with E-state index in [2.05, 4.69) is 0 Å². The molecule has 1 unspecified atom stereocenters. The Labute approximate surface area is 116 Å². The minimum absolute atomic E-state index is 0.0530. The number of likely N-dealkylation sites (tertiary alicyclic amines) is 1. The van der Waals surface area contributed by atoms with Gasteiger partial charge in [-0.15, -0.1) is 0 Å². The smallest absolute Gasteiger partial charge is 0.329 e. The number of amides is 1. The molecule has 0 spiro atoms. The predicted octanol–water partition coefficient (Wildman–Crippen LogP) is 1.24. The number of carboxylic acids is 1. The molecule has 2 N–H and O–H groups in total. The number of phenolic OH excluding ortho intramolecular Hbond substituents is 1. The Hall–Kier alpha value is -2.24. The summed E-state index contributed by atoms with van der Waals surface area (Å²) >= 11 is 0. The van der Waals surface area contributed by atoms with Gasteiger partial charge in [0.15, 0.2) is 18.1 Å². The first-order valence-corrected chi connectivity index (χ1v) is 6.40. The summed E-state index contributed by atoms with van der Waals surface area (Å²) in [5, 5.41) is 18.8. The maximum Gasteiger partial charge on any atom is 0.329 e. The Morgan fingerprint density at radius 3 is 2.75 bits per heavy atom. The van der Waals surface area contributed by atoms with E-state index in [-0.39, 0.29) is 18.1 Å². The largest absolute Gasteiger partial charge is 0.504 e. The van der Waals surface area contributed by atoms with Crippen LogP contribution < -0.4 is 4.74 Å². The molecular weight excluding hydrogens is 262 g/mol. The van der Waals surface area contributed by atoms with E-state index in [0.717, 1.165) is 0 Å². The van der Waals surface area contributed by atoms with Gasteiger partial charge in [0.25, 0.3) is 5.91 Å². The minimum Gasteiger partial charge on any atom is -0.504 e. The summed E-state index contributed by atoms with van der Waals surface area (Å²) in [6.45, 7) is 1.66. The van der Waals surface area contributed by atoms with E-state index in [0.29, 0.717) is 19.4 Å². The summed E-state index contributed by atoms with van der Waals surface area (Å²) in [6, 6.07) is 6.32. The lowest BCUT2D eigenvalue weighted by atomic mass is 9.99. The number of rotatable bonds is 4. The molecule has 0 bridgehead atoms. The van der Waals surface area contributed by atoms with Crippen molar-refractivity contribution in [3.05, 3.63) is 24.3 Å². The molecule has 1 atom stereocenters. The van der Waals surface area contributed by atoms with Crippen molar-refractivity contribution >= 4 is 11.9 Å². The highest BCUT2D eigenvalue weighted by Gasteiger charge is 2.45. The van der Waals surface area contributed by atoms with Crippen LogP contribution in [0, 0.1) is 0 Å². The molecule has 1 aromatic carbocycles. The third-order valence-corrected chi connectivity index (χ3v) is 3.62. The second kappa shape index (κ2) is 5.40. The third kappa shape index (κ3) is 2.54. The number of phenols is 1. The topological polar surface area (TPSA) is 87.1 Å². The Morgan fingerprint density at radius 1 is 1.40 bits per heavy atom. The first-order chi connectivity index (χ1) is 9.45. The molecular formula is C14H17NO5. The van der Waals surface area contributed by atoms with Crippen LogP contribution in [0.3, 0.4) is 0 Å². The number of carbonyl (C=O) groups is 2. The maximum atomic E-state index is 12.1. The van der Waals surface area contributed by atoms with Crippen LogP contribution in [0.5, 0.6) is 11.5 Å². The first kappa shape index (κ1) is 14.2. The number of nitrogens with zero attached hydrogens (tertiary/aromatic N) is 1. The van der Waals surface area contributed by atoms with Crippen LogP contribution in [0.2, 0.25) is 0 Å². The van der Waals surface area contributed by atoms with Crippen molar-refractivity contribution in [3.8, 4) is 11.5 Å². The van der Waals surface area contributed by atoms with E-state index < -0.39 is 17.4 Å². The lowest BCUT2D eigenvalue weighted by molar-refractivity contribution is -0.156. The quantitative estimate of drug-likeness (QED) is 0.865. The number of aliphatic carboxylic acids is 1. The summed E-state index contributed by atoms with van der Waals surface area (Å²) in [7, 11) is 0. The van der Waals surface area contributed by atoms with Crippen LogP contribution >= 0.6 is 0 Å². The SMILES string of the molecule is CC1(C(=O)O)CCCN1C(=O)COc1ccccc1O. The molecule has 2 rings (SSSR count). The number of hydrogen-bond donors (Lipinski definition) is 2. The summed E-state index contributed by atoms with van der Waals surface area (Å²) in [4.78, 5) is 24.7. The van der Waals surface area contributed by atoms with Gasteiger partial charge in [-0.05, 0) is 31.9 Å². The number of para-hydroxylation sites is 2. The monoisotopic (exact) mass is 279 g/mol. The summed E-state index contributed by atoms with van der Waals surface area (Å²) < 4.78 is 5.25. The molecule has 0 aromatic heterocycles. The molecule has 0 radical (unpaired) electrons. The fraction of sp³-hybridized carbons (Fsp3) is 0.429. The normalized spacial score (nSPS) is 21.8. The van der Waals surface area contributed by atoms with E-state index in [1.807, 2.05) is 0 Å². The fourth-order valence-electron chi connectivity index (χ4n) is 2.38. The second-order valence-electron chi connectivity index (χ2n) is 4.98. The molecule has 1 heterocycles. The standard InChI is InChI=1S/C14H17NO5/c1-14(13(18)19)7-4-8-15(14)12(17)9-20-11-6-3-2-5-10(11)16/h2-3,5-6,16H,4,7-9H2,1H3,(H,18,19). The van der Waals surface area contributed by atoms with Crippen LogP contribution in [0.25, 0.3) is 0 Å². The summed E-state index contributed by atoms with van der Waals surface area (Å²) in [6.07, 6.45) is 1.09. The Morgan fingerprint density at radius 2 is 2.10 bits per heavy atom. The molecule has 108 valence electrons. The Kier molecular flexibility index (Phi) is 3.83. The van der Waals surface area contributed by atoms with Crippen molar-refractivity contribution in [2.24, 2.45) is 0 Å². The second-order valence-corrected chi connectivity index (χ2v) is 4.98. The zero-order valence-corrected chi connectivity index (χ0v) is 11.2. The molecule has 6 nitrogen and oxygen atoms in total. The van der Waals surface area contributed by atoms with Crippen molar-refractivity contribution in [1.82, 2.24) is 4.90 Å². The van der Waals surface area contributed by atoms with E-state index in [9.17, 15) is 19.8 Å². The Bertz CT molecular complexity index is 530. The number of benzene rings is 1. The van der Waals surface area contributed by atoms with Gasteiger partial charge in [0.2, 0.25) is 0 Å². The van der Waals surface area contributed by atoms with Crippen LogP contribution in [0.15, 0.2) is 24.3 Å². The van der Waals surface area contributed by atoms with Gasteiger partial charge in [-0.2, -0.15) is 0 Å². The van der Waals surface area contributed by atoms with Crippen molar-refractivity contribution in [2.45, 2.75) is 25.3 Å². The highest BCUT2D eigenvalue weighted by Crippen LogP contribution is 2.30.